The van der Waals surface area contributed by atoms with Gasteiger partial charge in [-0.15, -0.1) is 0 Å². The number of carbonyl (C=O) groups is 2. The van der Waals surface area contributed by atoms with E-state index in [1.165, 1.54) is 6.92 Å². The van der Waals surface area contributed by atoms with Crippen LogP contribution in [0.3, 0.4) is 0 Å². The van der Waals surface area contributed by atoms with Crippen LogP contribution in [0.25, 0.3) is 0 Å². The van der Waals surface area contributed by atoms with E-state index in [0.717, 1.165) is 13.1 Å². The Bertz CT molecular complexity index is 292. The van der Waals surface area contributed by atoms with Crippen molar-refractivity contribution >= 4 is 11.8 Å². The number of hydrogen-bond acceptors (Lipinski definition) is 4. The largest absolute Gasteiger partial charge is 0.355 e. The SMILES string of the molecule is CCN(CC(=O)NCCNC(C)=O)CC(C)(C)CN. The van der Waals surface area contributed by atoms with Crippen LogP contribution in [0.1, 0.15) is 27.7 Å². The number of amides is 2. The number of hydrogen-bond donors (Lipinski definition) is 3. The third kappa shape index (κ3) is 9.44. The van der Waals surface area contributed by atoms with Crippen molar-refractivity contribution in [3.8, 4) is 0 Å². The molecule has 0 aliphatic heterocycles. The molecule has 4 N–H and O–H groups in total. The molecule has 0 saturated heterocycles. The zero-order valence-electron chi connectivity index (χ0n) is 12.6. The average molecular weight is 272 g/mol. The minimum atomic E-state index is -0.0888. The zero-order valence-corrected chi connectivity index (χ0v) is 12.6. The van der Waals surface area contributed by atoms with Crippen molar-refractivity contribution in [1.82, 2.24) is 15.5 Å². The molecule has 0 radical (unpaired) electrons. The minimum Gasteiger partial charge on any atom is -0.355 e. The topological polar surface area (TPSA) is 87.5 Å². The van der Waals surface area contributed by atoms with E-state index in [0.29, 0.717) is 26.2 Å². The quantitative estimate of drug-likeness (QED) is 0.496. The van der Waals surface area contributed by atoms with Crippen LogP contribution < -0.4 is 16.4 Å². The van der Waals surface area contributed by atoms with Crippen LogP contribution in [0.5, 0.6) is 0 Å². The number of rotatable bonds is 9. The van der Waals surface area contributed by atoms with E-state index in [1.807, 2.05) is 6.92 Å². The fourth-order valence-electron chi connectivity index (χ4n) is 1.65. The second-order valence-corrected chi connectivity index (χ2v) is 5.50. The Morgan fingerprint density at radius 2 is 1.79 bits per heavy atom. The molecule has 0 heterocycles. The molecule has 0 fully saturated rings. The van der Waals surface area contributed by atoms with Crippen LogP contribution in [-0.4, -0.2) is 56.0 Å². The number of carbonyl (C=O) groups excluding carboxylic acids is 2. The lowest BCUT2D eigenvalue weighted by Gasteiger charge is -2.30. The molecule has 0 rings (SSSR count). The van der Waals surface area contributed by atoms with Crippen molar-refractivity contribution in [2.75, 3.05) is 39.3 Å². The summed E-state index contributed by atoms with van der Waals surface area (Å²) in [4.78, 5) is 24.5. The predicted molar refractivity (Wildman–Crippen MR) is 76.6 cm³/mol. The normalized spacial score (nSPS) is 11.5. The fourth-order valence-corrected chi connectivity index (χ4v) is 1.65. The van der Waals surface area contributed by atoms with E-state index in [1.54, 1.807) is 0 Å². The van der Waals surface area contributed by atoms with Gasteiger partial charge >= 0.3 is 0 Å². The molecular formula is C13H28N4O2. The highest BCUT2D eigenvalue weighted by Crippen LogP contribution is 2.14. The van der Waals surface area contributed by atoms with E-state index in [4.69, 9.17) is 5.73 Å². The fraction of sp³-hybridized carbons (Fsp3) is 0.846. The van der Waals surface area contributed by atoms with Crippen LogP contribution >= 0.6 is 0 Å². The van der Waals surface area contributed by atoms with Crippen molar-refractivity contribution in [1.29, 1.82) is 0 Å². The lowest BCUT2D eigenvalue weighted by Crippen LogP contribution is -2.44. The Labute approximate surface area is 116 Å². The number of likely N-dealkylation sites (N-methyl/N-ethyl adjacent to an activating group) is 1. The first-order chi connectivity index (χ1) is 8.80. The van der Waals surface area contributed by atoms with Gasteiger partial charge in [0.05, 0.1) is 6.54 Å². The molecule has 0 bridgehead atoms. The third-order valence-electron chi connectivity index (χ3n) is 2.84. The number of nitrogens with two attached hydrogens (primary N) is 1. The Balaban J connectivity index is 3.97. The van der Waals surface area contributed by atoms with Gasteiger partial charge in [-0.25, -0.2) is 0 Å². The monoisotopic (exact) mass is 272 g/mol. The van der Waals surface area contributed by atoms with Crippen molar-refractivity contribution in [2.24, 2.45) is 11.1 Å². The second-order valence-electron chi connectivity index (χ2n) is 5.50. The third-order valence-corrected chi connectivity index (χ3v) is 2.84. The lowest BCUT2D eigenvalue weighted by molar-refractivity contribution is -0.123. The minimum absolute atomic E-state index is 0.00642. The van der Waals surface area contributed by atoms with Crippen LogP contribution in [0, 0.1) is 5.41 Å². The van der Waals surface area contributed by atoms with Crippen molar-refractivity contribution < 1.29 is 9.59 Å². The molecular weight excluding hydrogens is 244 g/mol. The maximum Gasteiger partial charge on any atom is 0.234 e. The molecule has 0 saturated carbocycles. The first kappa shape index (κ1) is 17.9. The van der Waals surface area contributed by atoms with Gasteiger partial charge < -0.3 is 16.4 Å². The van der Waals surface area contributed by atoms with E-state index in [2.05, 4.69) is 29.4 Å². The zero-order chi connectivity index (χ0) is 14.9. The maximum atomic E-state index is 11.7. The van der Waals surface area contributed by atoms with Gasteiger partial charge in [0.25, 0.3) is 0 Å². The van der Waals surface area contributed by atoms with Gasteiger partial charge in [0.15, 0.2) is 0 Å². The average Bonchev–Trinajstić information content (AvgIpc) is 2.33. The summed E-state index contributed by atoms with van der Waals surface area (Å²) in [5.74, 6) is -0.117. The van der Waals surface area contributed by atoms with Crippen LogP contribution in [0.15, 0.2) is 0 Å². The number of nitrogens with one attached hydrogen (secondary N) is 2. The van der Waals surface area contributed by atoms with E-state index in [9.17, 15) is 9.59 Å². The molecule has 0 aromatic heterocycles. The molecule has 0 aliphatic rings. The molecule has 2 amide bonds. The summed E-state index contributed by atoms with van der Waals surface area (Å²) in [5.41, 5.74) is 5.71. The van der Waals surface area contributed by atoms with Gasteiger partial charge in [-0.05, 0) is 18.5 Å². The first-order valence-electron chi connectivity index (χ1n) is 6.74. The first-order valence-corrected chi connectivity index (χ1v) is 6.74. The Morgan fingerprint density at radius 1 is 1.21 bits per heavy atom. The molecule has 112 valence electrons. The maximum absolute atomic E-state index is 11.7. The molecule has 0 spiro atoms. The highest BCUT2D eigenvalue weighted by atomic mass is 16.2. The molecule has 0 aliphatic carbocycles. The van der Waals surface area contributed by atoms with Gasteiger partial charge in [0.1, 0.15) is 0 Å². The molecule has 0 aromatic carbocycles. The number of nitrogens with zero attached hydrogens (tertiary/aromatic N) is 1. The summed E-state index contributed by atoms with van der Waals surface area (Å²) in [7, 11) is 0. The Hall–Kier alpha value is -1.14. The van der Waals surface area contributed by atoms with E-state index in [-0.39, 0.29) is 17.2 Å². The summed E-state index contributed by atoms with van der Waals surface area (Å²) < 4.78 is 0. The van der Waals surface area contributed by atoms with Gasteiger partial charge in [0, 0.05) is 26.6 Å². The van der Waals surface area contributed by atoms with Gasteiger partial charge in [-0.1, -0.05) is 20.8 Å². The van der Waals surface area contributed by atoms with Crippen molar-refractivity contribution in [2.45, 2.75) is 27.7 Å². The molecule has 6 nitrogen and oxygen atoms in total. The van der Waals surface area contributed by atoms with E-state index < -0.39 is 0 Å². The predicted octanol–water partition coefficient (Wildman–Crippen LogP) is -0.454. The van der Waals surface area contributed by atoms with Gasteiger partial charge in [-0.2, -0.15) is 0 Å². The summed E-state index contributed by atoms with van der Waals surface area (Å²) in [6, 6.07) is 0. The molecule has 0 unspecified atom stereocenters. The Morgan fingerprint density at radius 3 is 2.26 bits per heavy atom. The van der Waals surface area contributed by atoms with E-state index >= 15 is 0 Å². The van der Waals surface area contributed by atoms with Gasteiger partial charge in [0.2, 0.25) is 11.8 Å². The molecule has 0 atom stereocenters. The highest BCUT2D eigenvalue weighted by molar-refractivity contribution is 5.78. The summed E-state index contributed by atoms with van der Waals surface area (Å²) >= 11 is 0. The molecule has 6 heteroatoms. The van der Waals surface area contributed by atoms with Crippen LogP contribution in [0.4, 0.5) is 0 Å². The summed E-state index contributed by atoms with van der Waals surface area (Å²) in [5, 5.41) is 5.41. The molecule has 0 aromatic rings. The summed E-state index contributed by atoms with van der Waals surface area (Å²) in [6.07, 6.45) is 0. The smallest absolute Gasteiger partial charge is 0.234 e. The standard InChI is InChI=1S/C13H28N4O2/c1-5-17(10-13(3,4)9-14)8-12(19)16-7-6-15-11(2)18/h5-10,14H2,1-4H3,(H,15,18)(H,16,19). The highest BCUT2D eigenvalue weighted by Gasteiger charge is 2.20. The second kappa shape index (κ2) is 8.87. The van der Waals surface area contributed by atoms with Crippen molar-refractivity contribution in [3.63, 3.8) is 0 Å². The van der Waals surface area contributed by atoms with Crippen LogP contribution in [0.2, 0.25) is 0 Å². The van der Waals surface area contributed by atoms with Crippen molar-refractivity contribution in [3.05, 3.63) is 0 Å². The Kier molecular flexibility index (Phi) is 8.34. The molecule has 19 heavy (non-hydrogen) atoms. The summed E-state index contributed by atoms with van der Waals surface area (Å²) in [6.45, 7) is 11.1. The van der Waals surface area contributed by atoms with Crippen LogP contribution in [-0.2, 0) is 9.59 Å². The lowest BCUT2D eigenvalue weighted by atomic mass is 9.93. The van der Waals surface area contributed by atoms with Gasteiger partial charge in [-0.3, -0.25) is 14.5 Å².